The Balaban J connectivity index is 1.38. The highest BCUT2D eigenvalue weighted by Gasteiger charge is 2.13. The van der Waals surface area contributed by atoms with Gasteiger partial charge in [0.05, 0.1) is 11.0 Å². The van der Waals surface area contributed by atoms with Crippen molar-refractivity contribution in [2.45, 2.75) is 0 Å². The predicted molar refractivity (Wildman–Crippen MR) is 141 cm³/mol. The third-order valence-electron chi connectivity index (χ3n) is 5.85. The summed E-state index contributed by atoms with van der Waals surface area (Å²) in [5.74, 6) is -1.21. The molecule has 0 saturated heterocycles. The summed E-state index contributed by atoms with van der Waals surface area (Å²) >= 11 is 3.16. The fourth-order valence-corrected chi connectivity index (χ4v) is 6.68. The van der Waals surface area contributed by atoms with Gasteiger partial charge in [-0.2, -0.15) is 5.26 Å². The van der Waals surface area contributed by atoms with Crippen molar-refractivity contribution in [3.8, 4) is 22.2 Å². The molecule has 162 valence electrons. The summed E-state index contributed by atoms with van der Waals surface area (Å²) in [5.41, 5.74) is 4.37. The number of thiophene rings is 2. The van der Waals surface area contributed by atoms with Crippen LogP contribution in [-0.2, 0) is 4.79 Å². The van der Waals surface area contributed by atoms with Crippen molar-refractivity contribution < 1.29 is 9.90 Å². The maximum absolute atomic E-state index is 11.1. The van der Waals surface area contributed by atoms with Crippen molar-refractivity contribution in [1.29, 1.82) is 5.26 Å². The molecule has 0 unspecified atom stereocenters. The summed E-state index contributed by atoms with van der Waals surface area (Å²) in [6.07, 6.45) is 1.43. The highest BCUT2D eigenvalue weighted by Crippen LogP contribution is 2.39. The van der Waals surface area contributed by atoms with E-state index in [2.05, 4.69) is 83.4 Å². The normalized spacial score (nSPS) is 11.9. The van der Waals surface area contributed by atoms with Crippen LogP contribution in [0.2, 0.25) is 0 Å². The van der Waals surface area contributed by atoms with Gasteiger partial charge in [0.25, 0.3) is 0 Å². The number of carbonyl (C=O) groups is 1. The van der Waals surface area contributed by atoms with Gasteiger partial charge in [0, 0.05) is 35.6 Å². The van der Waals surface area contributed by atoms with Crippen molar-refractivity contribution in [2.75, 3.05) is 0 Å². The number of hydrogen-bond acceptors (Lipinski definition) is 4. The number of hydrogen-bond donors (Lipinski definition) is 1. The zero-order valence-electron chi connectivity index (χ0n) is 17.7. The minimum Gasteiger partial charge on any atom is -0.477 e. The average molecular weight is 477 g/mol. The number of aliphatic carboxylic acids is 1. The van der Waals surface area contributed by atoms with Crippen molar-refractivity contribution in [2.24, 2.45) is 0 Å². The molecule has 0 atom stereocenters. The average Bonchev–Trinajstić information content (AvgIpc) is 3.52. The van der Waals surface area contributed by atoms with Crippen LogP contribution < -0.4 is 0 Å². The van der Waals surface area contributed by atoms with Crippen LogP contribution in [-0.4, -0.2) is 15.6 Å². The topological polar surface area (TPSA) is 66.0 Å². The molecule has 3 aromatic carbocycles. The Labute approximate surface area is 202 Å². The Bertz CT molecular complexity index is 1710. The van der Waals surface area contributed by atoms with Gasteiger partial charge in [-0.25, -0.2) is 4.79 Å². The molecular weight excluding hydrogens is 460 g/mol. The monoisotopic (exact) mass is 476 g/mol. The number of carboxylic acids is 1. The third kappa shape index (κ3) is 3.30. The number of para-hydroxylation sites is 2. The lowest BCUT2D eigenvalue weighted by Gasteiger charge is -2.08. The number of nitrogens with zero attached hydrogens (tertiary/aromatic N) is 2. The number of benzene rings is 3. The highest BCUT2D eigenvalue weighted by molar-refractivity contribution is 7.29. The molecule has 0 aliphatic rings. The molecule has 0 radical (unpaired) electrons. The molecule has 34 heavy (non-hydrogen) atoms. The number of nitriles is 1. The van der Waals surface area contributed by atoms with Gasteiger partial charge >= 0.3 is 5.97 Å². The van der Waals surface area contributed by atoms with Crippen LogP contribution in [0.15, 0.2) is 90.5 Å². The maximum Gasteiger partial charge on any atom is 0.346 e. The van der Waals surface area contributed by atoms with E-state index in [1.54, 1.807) is 17.4 Å². The van der Waals surface area contributed by atoms with Gasteiger partial charge < -0.3 is 9.67 Å². The molecule has 0 aliphatic carbocycles. The quantitative estimate of drug-likeness (QED) is 0.209. The third-order valence-corrected chi connectivity index (χ3v) is 8.14. The molecule has 6 heteroatoms. The fourth-order valence-electron chi connectivity index (χ4n) is 4.33. The zero-order valence-corrected chi connectivity index (χ0v) is 19.4. The van der Waals surface area contributed by atoms with Gasteiger partial charge in [0.1, 0.15) is 11.6 Å². The van der Waals surface area contributed by atoms with Gasteiger partial charge in [0.15, 0.2) is 0 Å². The molecule has 0 spiro atoms. The Morgan fingerprint density at radius 3 is 2.06 bits per heavy atom. The first-order chi connectivity index (χ1) is 16.6. The number of carboxylic acid groups (broad SMARTS) is 1. The summed E-state index contributed by atoms with van der Waals surface area (Å²) in [7, 11) is 0. The molecule has 0 fully saturated rings. The van der Waals surface area contributed by atoms with Crippen LogP contribution in [0, 0.1) is 11.3 Å². The molecule has 0 bridgehead atoms. The molecule has 3 aromatic heterocycles. The van der Waals surface area contributed by atoms with Gasteiger partial charge in [-0.3, -0.25) is 0 Å². The second-order valence-electron chi connectivity index (χ2n) is 7.88. The lowest BCUT2D eigenvalue weighted by Crippen LogP contribution is -1.96. The first kappa shape index (κ1) is 20.4. The van der Waals surface area contributed by atoms with Gasteiger partial charge in [-0.1, -0.05) is 48.5 Å². The smallest absolute Gasteiger partial charge is 0.346 e. The van der Waals surface area contributed by atoms with Gasteiger partial charge in [-0.15, -0.1) is 22.7 Å². The van der Waals surface area contributed by atoms with Crippen LogP contribution in [0.25, 0.3) is 53.4 Å². The molecule has 1 N–H and O–H groups in total. The number of aromatic nitrogens is 1. The van der Waals surface area contributed by atoms with Crippen molar-refractivity contribution in [1.82, 2.24) is 4.57 Å². The number of fused-ring (bicyclic) bond motifs is 4. The van der Waals surface area contributed by atoms with E-state index in [1.807, 2.05) is 6.07 Å². The minimum absolute atomic E-state index is 0.255. The van der Waals surface area contributed by atoms with E-state index in [-0.39, 0.29) is 5.57 Å². The van der Waals surface area contributed by atoms with Gasteiger partial charge in [-0.05, 0) is 48.0 Å². The van der Waals surface area contributed by atoms with E-state index < -0.39 is 5.97 Å². The molecule has 6 aromatic rings. The lowest BCUT2D eigenvalue weighted by atomic mass is 10.1. The predicted octanol–water partition coefficient (Wildman–Crippen LogP) is 7.72. The Hall–Kier alpha value is -4.18. The molecule has 6 rings (SSSR count). The summed E-state index contributed by atoms with van der Waals surface area (Å²) in [6, 6.07) is 31.4. The van der Waals surface area contributed by atoms with Crippen LogP contribution in [0.1, 0.15) is 4.88 Å². The minimum atomic E-state index is -1.21. The van der Waals surface area contributed by atoms with E-state index in [1.165, 1.54) is 39.2 Å². The van der Waals surface area contributed by atoms with Crippen molar-refractivity contribution in [3.63, 3.8) is 0 Å². The SMILES string of the molecule is N#C/C(=C\c1cc2sc(-c3ccc(-n4c5ccccc5c5ccccc54)cc3)cc2s1)C(=O)O. The second kappa shape index (κ2) is 7.99. The summed E-state index contributed by atoms with van der Waals surface area (Å²) in [5, 5.41) is 20.6. The molecule has 0 saturated carbocycles. The molecule has 3 heterocycles. The standard InChI is InChI=1S/C28H16N2O2S2/c29-16-18(28(31)32)13-20-14-26-27(33-20)15-25(34-26)17-9-11-19(12-10-17)30-23-7-3-1-5-21(23)22-6-2-4-8-24(22)30/h1-15H,(H,31,32)/b18-13+. The maximum atomic E-state index is 11.1. The van der Waals surface area contributed by atoms with E-state index in [9.17, 15) is 4.79 Å². The van der Waals surface area contributed by atoms with Crippen LogP contribution in [0.4, 0.5) is 0 Å². The molecule has 4 nitrogen and oxygen atoms in total. The number of rotatable bonds is 4. The Morgan fingerprint density at radius 2 is 1.47 bits per heavy atom. The van der Waals surface area contributed by atoms with E-state index in [0.717, 1.165) is 30.4 Å². The Kier molecular flexibility index (Phi) is 4.80. The Morgan fingerprint density at radius 1 is 0.853 bits per heavy atom. The van der Waals surface area contributed by atoms with E-state index in [0.29, 0.717) is 0 Å². The summed E-state index contributed by atoms with van der Waals surface area (Å²) in [6.45, 7) is 0. The highest BCUT2D eigenvalue weighted by atomic mass is 32.1. The van der Waals surface area contributed by atoms with Crippen LogP contribution in [0.3, 0.4) is 0 Å². The zero-order chi connectivity index (χ0) is 23.2. The lowest BCUT2D eigenvalue weighted by molar-refractivity contribution is -0.132. The summed E-state index contributed by atoms with van der Waals surface area (Å²) < 4.78 is 4.47. The molecule has 0 amide bonds. The second-order valence-corrected chi connectivity index (χ2v) is 10.1. The first-order valence-corrected chi connectivity index (χ1v) is 12.2. The van der Waals surface area contributed by atoms with Crippen molar-refractivity contribution in [3.05, 3.63) is 95.4 Å². The van der Waals surface area contributed by atoms with E-state index >= 15 is 0 Å². The molecular formula is C28H16N2O2S2. The van der Waals surface area contributed by atoms with Crippen LogP contribution >= 0.6 is 22.7 Å². The van der Waals surface area contributed by atoms with Crippen molar-refractivity contribution >= 4 is 65.9 Å². The van der Waals surface area contributed by atoms with Crippen LogP contribution in [0.5, 0.6) is 0 Å². The first-order valence-electron chi connectivity index (χ1n) is 10.6. The summed E-state index contributed by atoms with van der Waals surface area (Å²) in [4.78, 5) is 13.0. The van der Waals surface area contributed by atoms with E-state index in [4.69, 9.17) is 10.4 Å². The molecule has 0 aliphatic heterocycles. The van der Waals surface area contributed by atoms with Gasteiger partial charge in [0.2, 0.25) is 0 Å². The largest absolute Gasteiger partial charge is 0.477 e. The fraction of sp³-hybridized carbons (Fsp3) is 0.